The molecule has 138 valence electrons. The SMILES string of the molecule is CC(C=CC1=C(C)CCCC1(C)C)=CC=CC(C)=CCc1ccccc1. The maximum Gasteiger partial charge on any atom is -0.00917 e. The van der Waals surface area contributed by atoms with E-state index in [9.17, 15) is 0 Å². The zero-order valence-electron chi connectivity index (χ0n) is 17.2. The molecule has 0 bridgehead atoms. The van der Waals surface area contributed by atoms with Gasteiger partial charge in [-0.3, -0.25) is 0 Å². The van der Waals surface area contributed by atoms with Gasteiger partial charge in [0.25, 0.3) is 0 Å². The first-order valence-electron chi connectivity index (χ1n) is 9.82. The second-order valence-electron chi connectivity index (χ2n) is 8.17. The number of hydrogen-bond donors (Lipinski definition) is 0. The van der Waals surface area contributed by atoms with E-state index in [1.165, 1.54) is 41.5 Å². The van der Waals surface area contributed by atoms with Crippen LogP contribution in [0.15, 0.2) is 89.1 Å². The number of rotatable bonds is 6. The molecule has 1 aliphatic rings. The minimum absolute atomic E-state index is 0.311. The van der Waals surface area contributed by atoms with Crippen LogP contribution in [-0.2, 0) is 6.42 Å². The molecule has 0 saturated carbocycles. The van der Waals surface area contributed by atoms with E-state index in [1.807, 2.05) is 0 Å². The second kappa shape index (κ2) is 9.57. The first kappa shape index (κ1) is 20.2. The van der Waals surface area contributed by atoms with Crippen LogP contribution in [0.3, 0.4) is 0 Å². The van der Waals surface area contributed by atoms with E-state index in [0.717, 1.165) is 6.42 Å². The lowest BCUT2D eigenvalue weighted by Gasteiger charge is -2.32. The molecule has 0 heterocycles. The van der Waals surface area contributed by atoms with Crippen LogP contribution in [0.1, 0.15) is 59.4 Å². The van der Waals surface area contributed by atoms with Crippen LogP contribution in [-0.4, -0.2) is 0 Å². The van der Waals surface area contributed by atoms with Crippen LogP contribution in [0.2, 0.25) is 0 Å². The monoisotopic (exact) mass is 346 g/mol. The summed E-state index contributed by atoms with van der Waals surface area (Å²) in [6.07, 6.45) is 18.3. The lowest BCUT2D eigenvalue weighted by atomic mass is 9.72. The average molecular weight is 347 g/mol. The van der Waals surface area contributed by atoms with Gasteiger partial charge in [-0.1, -0.05) is 97.4 Å². The fourth-order valence-corrected chi connectivity index (χ4v) is 3.59. The molecule has 0 N–H and O–H groups in total. The summed E-state index contributed by atoms with van der Waals surface area (Å²) in [5, 5.41) is 0. The first-order valence-corrected chi connectivity index (χ1v) is 9.82. The van der Waals surface area contributed by atoms with E-state index in [0.29, 0.717) is 5.41 Å². The van der Waals surface area contributed by atoms with Gasteiger partial charge in [-0.2, -0.15) is 0 Å². The topological polar surface area (TPSA) is 0 Å². The van der Waals surface area contributed by atoms with Crippen molar-refractivity contribution in [2.24, 2.45) is 5.41 Å². The van der Waals surface area contributed by atoms with E-state index in [1.54, 1.807) is 5.57 Å². The van der Waals surface area contributed by atoms with Gasteiger partial charge in [0.05, 0.1) is 0 Å². The molecule has 0 aromatic heterocycles. The molecule has 0 radical (unpaired) electrons. The third kappa shape index (κ3) is 6.33. The zero-order valence-corrected chi connectivity index (χ0v) is 17.2. The predicted octanol–water partition coefficient (Wildman–Crippen LogP) is 7.76. The molecular weight excluding hydrogens is 312 g/mol. The Morgan fingerprint density at radius 3 is 2.46 bits per heavy atom. The summed E-state index contributed by atoms with van der Waals surface area (Å²) in [6, 6.07) is 10.6. The normalized spacial score (nSPS) is 19.0. The van der Waals surface area contributed by atoms with Gasteiger partial charge in [0, 0.05) is 0 Å². The molecule has 0 unspecified atom stereocenters. The Labute approximate surface area is 160 Å². The van der Waals surface area contributed by atoms with Crippen LogP contribution in [0.4, 0.5) is 0 Å². The van der Waals surface area contributed by atoms with Crippen molar-refractivity contribution < 1.29 is 0 Å². The highest BCUT2D eigenvalue weighted by molar-refractivity contribution is 5.37. The summed E-state index contributed by atoms with van der Waals surface area (Å²) in [4.78, 5) is 0. The fraction of sp³-hybridized carbons (Fsp3) is 0.385. The summed E-state index contributed by atoms with van der Waals surface area (Å²) < 4.78 is 0. The van der Waals surface area contributed by atoms with Gasteiger partial charge in [-0.05, 0) is 63.0 Å². The lowest BCUT2D eigenvalue weighted by molar-refractivity contribution is 0.377. The zero-order chi connectivity index (χ0) is 19.0. The summed E-state index contributed by atoms with van der Waals surface area (Å²) in [6.45, 7) is 11.4. The van der Waals surface area contributed by atoms with Gasteiger partial charge in [0.15, 0.2) is 0 Å². The van der Waals surface area contributed by atoms with Crippen molar-refractivity contribution in [1.82, 2.24) is 0 Å². The van der Waals surface area contributed by atoms with E-state index in [-0.39, 0.29) is 0 Å². The molecular formula is C26H34. The molecule has 1 aliphatic carbocycles. The Kier molecular flexibility index (Phi) is 7.45. The van der Waals surface area contributed by atoms with Crippen molar-refractivity contribution in [3.8, 4) is 0 Å². The molecule has 0 saturated heterocycles. The van der Waals surface area contributed by atoms with E-state index >= 15 is 0 Å². The Hall–Kier alpha value is -2.08. The van der Waals surface area contributed by atoms with Crippen LogP contribution < -0.4 is 0 Å². The third-order valence-electron chi connectivity index (χ3n) is 5.28. The molecule has 26 heavy (non-hydrogen) atoms. The molecule has 0 amide bonds. The summed E-state index contributed by atoms with van der Waals surface area (Å²) in [7, 11) is 0. The highest BCUT2D eigenvalue weighted by Crippen LogP contribution is 2.40. The van der Waals surface area contributed by atoms with Gasteiger partial charge in [-0.15, -0.1) is 0 Å². The Bertz CT molecular complexity index is 734. The van der Waals surface area contributed by atoms with E-state index in [2.05, 4.69) is 101 Å². The summed E-state index contributed by atoms with van der Waals surface area (Å²) >= 11 is 0. The second-order valence-corrected chi connectivity index (χ2v) is 8.17. The lowest BCUT2D eigenvalue weighted by Crippen LogP contribution is -2.19. The van der Waals surface area contributed by atoms with Gasteiger partial charge in [0.2, 0.25) is 0 Å². The minimum Gasteiger partial charge on any atom is -0.0772 e. The molecule has 0 aliphatic heterocycles. The van der Waals surface area contributed by atoms with Crippen molar-refractivity contribution >= 4 is 0 Å². The largest absolute Gasteiger partial charge is 0.0772 e. The van der Waals surface area contributed by atoms with Crippen molar-refractivity contribution in [2.75, 3.05) is 0 Å². The Balaban J connectivity index is 1.95. The van der Waals surface area contributed by atoms with Gasteiger partial charge < -0.3 is 0 Å². The van der Waals surface area contributed by atoms with Gasteiger partial charge >= 0.3 is 0 Å². The average Bonchev–Trinajstić information content (AvgIpc) is 2.60. The minimum atomic E-state index is 0.311. The molecule has 0 heteroatoms. The van der Waals surface area contributed by atoms with Gasteiger partial charge in [0.1, 0.15) is 0 Å². The molecule has 0 atom stereocenters. The Morgan fingerprint density at radius 2 is 1.77 bits per heavy atom. The molecule has 0 fully saturated rings. The maximum atomic E-state index is 2.37. The standard InChI is InChI=1S/C26H34/c1-21(16-18-24-14-7-6-8-15-24)11-9-12-22(2)17-19-25-23(3)13-10-20-26(25,4)5/h6-9,11-12,14-17,19H,10,13,18,20H2,1-5H3. The van der Waals surface area contributed by atoms with Crippen LogP contribution in [0.5, 0.6) is 0 Å². The maximum absolute atomic E-state index is 2.37. The third-order valence-corrected chi connectivity index (χ3v) is 5.28. The number of hydrogen-bond acceptors (Lipinski definition) is 0. The molecule has 1 aromatic carbocycles. The molecule has 0 spiro atoms. The summed E-state index contributed by atoms with van der Waals surface area (Å²) in [5.41, 5.74) is 7.34. The quantitative estimate of drug-likeness (QED) is 0.462. The number of allylic oxidation sites excluding steroid dienone is 10. The van der Waals surface area contributed by atoms with Crippen LogP contribution in [0, 0.1) is 5.41 Å². The fourth-order valence-electron chi connectivity index (χ4n) is 3.59. The van der Waals surface area contributed by atoms with E-state index in [4.69, 9.17) is 0 Å². The predicted molar refractivity (Wildman–Crippen MR) is 116 cm³/mol. The van der Waals surface area contributed by atoms with Crippen molar-refractivity contribution in [3.05, 3.63) is 94.6 Å². The molecule has 2 rings (SSSR count). The van der Waals surface area contributed by atoms with Crippen molar-refractivity contribution in [2.45, 2.75) is 60.3 Å². The van der Waals surface area contributed by atoms with Crippen LogP contribution >= 0.6 is 0 Å². The summed E-state index contributed by atoms with van der Waals surface area (Å²) in [5.74, 6) is 0. The highest BCUT2D eigenvalue weighted by atomic mass is 14.3. The van der Waals surface area contributed by atoms with Crippen molar-refractivity contribution in [3.63, 3.8) is 0 Å². The van der Waals surface area contributed by atoms with Crippen LogP contribution in [0.25, 0.3) is 0 Å². The molecule has 1 aromatic rings. The van der Waals surface area contributed by atoms with Crippen molar-refractivity contribution in [1.29, 1.82) is 0 Å². The Morgan fingerprint density at radius 1 is 1.04 bits per heavy atom. The van der Waals surface area contributed by atoms with E-state index < -0.39 is 0 Å². The number of benzene rings is 1. The first-order chi connectivity index (χ1) is 12.4. The molecule has 0 nitrogen and oxygen atoms in total. The highest BCUT2D eigenvalue weighted by Gasteiger charge is 2.26. The smallest absolute Gasteiger partial charge is 0.00917 e. The van der Waals surface area contributed by atoms with Gasteiger partial charge in [-0.25, -0.2) is 0 Å².